The van der Waals surface area contributed by atoms with Crippen molar-refractivity contribution in [1.29, 1.82) is 0 Å². The molecular weight excluding hydrogens is 913 g/mol. The zero-order valence-electron chi connectivity index (χ0n) is 41.5. The Morgan fingerprint density at radius 3 is 1.29 bits per heavy atom. The molecule has 0 saturated carbocycles. The molecule has 14 aromatic rings. The molecule has 12 aromatic carbocycles. The van der Waals surface area contributed by atoms with Crippen LogP contribution in [0.1, 0.15) is 25.0 Å². The lowest BCUT2D eigenvalue weighted by Gasteiger charge is -2.37. The fraction of sp³-hybridized carbons (Fsp3) is 0.0423. The first-order valence-corrected chi connectivity index (χ1v) is 25.8. The molecule has 0 radical (unpaired) electrons. The third-order valence-corrected chi connectivity index (χ3v) is 15.8. The van der Waals surface area contributed by atoms with E-state index in [1.807, 2.05) is 0 Å². The first kappa shape index (κ1) is 43.0. The highest BCUT2D eigenvalue weighted by atomic mass is 16.3. The van der Waals surface area contributed by atoms with Crippen molar-refractivity contribution >= 4 is 99.5 Å². The molecule has 0 aliphatic heterocycles. The second-order valence-electron chi connectivity index (χ2n) is 20.4. The van der Waals surface area contributed by atoms with Gasteiger partial charge in [-0.15, -0.1) is 0 Å². The molecular formula is C71H48N2O2. The number of nitrogens with zero attached hydrogens (tertiary/aromatic N) is 2. The van der Waals surface area contributed by atoms with Crippen LogP contribution in [0.3, 0.4) is 0 Å². The van der Waals surface area contributed by atoms with Crippen LogP contribution in [0.2, 0.25) is 0 Å². The van der Waals surface area contributed by atoms with E-state index in [4.69, 9.17) is 8.83 Å². The average Bonchev–Trinajstić information content (AvgIpc) is 4.06. The van der Waals surface area contributed by atoms with Gasteiger partial charge in [0.05, 0.1) is 11.4 Å². The van der Waals surface area contributed by atoms with E-state index in [2.05, 4.69) is 278 Å². The minimum atomic E-state index is -0.340. The third-order valence-electron chi connectivity index (χ3n) is 15.8. The maximum Gasteiger partial charge on any atom is 0.159 e. The van der Waals surface area contributed by atoms with Gasteiger partial charge in [0.1, 0.15) is 11.2 Å². The fourth-order valence-corrected chi connectivity index (χ4v) is 12.3. The SMILES string of the molecule is CC1(C)c2cc(N(c3ccccc3)c3cccc4c3oc3c(-c5ccccc5)cccc34)ccc2-c2cc3ccc(N(c4ccccc4)c4cccc5c4oc4c(-c6ccccc6)cccc45)cc3c3cccc1c23. The second-order valence-corrected chi connectivity index (χ2v) is 20.4. The van der Waals surface area contributed by atoms with E-state index in [1.54, 1.807) is 0 Å². The van der Waals surface area contributed by atoms with Gasteiger partial charge in [-0.2, -0.15) is 0 Å². The number of fused-ring (bicyclic) bond motifs is 10. The van der Waals surface area contributed by atoms with E-state index in [0.717, 1.165) is 100 Å². The molecule has 0 unspecified atom stereocenters. The lowest BCUT2D eigenvalue weighted by atomic mass is 9.68. The molecule has 0 bridgehead atoms. The van der Waals surface area contributed by atoms with Gasteiger partial charge < -0.3 is 18.6 Å². The number of hydrogen-bond acceptors (Lipinski definition) is 4. The van der Waals surface area contributed by atoms with Crippen LogP contribution in [-0.2, 0) is 5.41 Å². The van der Waals surface area contributed by atoms with Crippen molar-refractivity contribution in [1.82, 2.24) is 0 Å². The van der Waals surface area contributed by atoms with Gasteiger partial charge >= 0.3 is 0 Å². The summed E-state index contributed by atoms with van der Waals surface area (Å²) in [6.45, 7) is 4.78. The summed E-state index contributed by atoms with van der Waals surface area (Å²) in [6.07, 6.45) is 0. The molecule has 0 saturated heterocycles. The van der Waals surface area contributed by atoms with Crippen LogP contribution in [-0.4, -0.2) is 0 Å². The zero-order chi connectivity index (χ0) is 49.8. The molecule has 0 amide bonds. The standard InChI is InChI=1S/C71H48N2O2/c1-71(2)62-35-17-30-55-60-43-50(72(48-24-11-5-12-25-48)64-36-18-33-58-56-31-15-28-52(67(56)74-69(58)64)45-20-7-3-8-21-45)39-38-47(60)42-61(66(55)62)54-41-40-51(44-63(54)71)73(49-26-13-6-14-27-49)65-37-19-34-59-57-32-16-29-53(68(57)75-70(59)65)46-22-9-4-10-23-46/h3-44H,1-2H3. The van der Waals surface area contributed by atoms with Crippen LogP contribution in [0.15, 0.2) is 264 Å². The van der Waals surface area contributed by atoms with Gasteiger partial charge in [-0.1, -0.05) is 202 Å². The lowest BCUT2D eigenvalue weighted by Crippen LogP contribution is -2.24. The molecule has 4 heteroatoms. The first-order valence-electron chi connectivity index (χ1n) is 25.8. The van der Waals surface area contributed by atoms with Gasteiger partial charge in [-0.05, 0) is 122 Å². The summed E-state index contributed by atoms with van der Waals surface area (Å²) in [5, 5.41) is 9.31. The monoisotopic (exact) mass is 960 g/mol. The summed E-state index contributed by atoms with van der Waals surface area (Å²) in [7, 11) is 0. The van der Waals surface area contributed by atoms with Gasteiger partial charge in [0, 0.05) is 60.8 Å². The van der Waals surface area contributed by atoms with E-state index in [0.29, 0.717) is 0 Å². The van der Waals surface area contributed by atoms with E-state index < -0.39 is 0 Å². The smallest absolute Gasteiger partial charge is 0.159 e. The minimum Gasteiger partial charge on any atom is -0.453 e. The van der Waals surface area contributed by atoms with E-state index in [9.17, 15) is 0 Å². The summed E-state index contributed by atoms with van der Waals surface area (Å²) in [6, 6.07) is 91.8. The molecule has 1 aliphatic carbocycles. The van der Waals surface area contributed by atoms with Crippen molar-refractivity contribution in [3.05, 3.63) is 266 Å². The summed E-state index contributed by atoms with van der Waals surface area (Å²) < 4.78 is 14.1. The normalized spacial score (nSPS) is 12.8. The van der Waals surface area contributed by atoms with Gasteiger partial charge in [0.25, 0.3) is 0 Å². The summed E-state index contributed by atoms with van der Waals surface area (Å²) in [5.74, 6) is 0. The van der Waals surface area contributed by atoms with Gasteiger partial charge in [-0.3, -0.25) is 0 Å². The molecule has 2 heterocycles. The van der Waals surface area contributed by atoms with Crippen LogP contribution in [0, 0.1) is 0 Å². The number of para-hydroxylation sites is 6. The van der Waals surface area contributed by atoms with Crippen molar-refractivity contribution in [2.75, 3.05) is 9.80 Å². The molecule has 0 N–H and O–H groups in total. The van der Waals surface area contributed by atoms with Crippen molar-refractivity contribution in [3.8, 4) is 33.4 Å². The van der Waals surface area contributed by atoms with Crippen molar-refractivity contribution < 1.29 is 8.83 Å². The van der Waals surface area contributed by atoms with E-state index in [-0.39, 0.29) is 5.41 Å². The van der Waals surface area contributed by atoms with Crippen LogP contribution >= 0.6 is 0 Å². The Hall–Kier alpha value is -9.64. The molecule has 0 atom stereocenters. The Balaban J connectivity index is 0.889. The number of anilines is 6. The van der Waals surface area contributed by atoms with Crippen LogP contribution in [0.4, 0.5) is 34.1 Å². The quantitative estimate of drug-likeness (QED) is 0.142. The Morgan fingerprint density at radius 1 is 0.293 bits per heavy atom. The van der Waals surface area contributed by atoms with Crippen LogP contribution in [0.25, 0.3) is 98.8 Å². The molecule has 15 rings (SSSR count). The predicted octanol–water partition coefficient (Wildman–Crippen LogP) is 20.4. The van der Waals surface area contributed by atoms with Gasteiger partial charge in [0.2, 0.25) is 0 Å². The predicted molar refractivity (Wildman–Crippen MR) is 314 cm³/mol. The number of rotatable bonds is 8. The van der Waals surface area contributed by atoms with Crippen LogP contribution in [0.5, 0.6) is 0 Å². The molecule has 0 fully saturated rings. The van der Waals surface area contributed by atoms with E-state index in [1.165, 1.54) is 43.8 Å². The average molecular weight is 961 g/mol. The lowest BCUT2D eigenvalue weighted by molar-refractivity contribution is 0.645. The fourth-order valence-electron chi connectivity index (χ4n) is 12.3. The molecule has 0 spiro atoms. The second kappa shape index (κ2) is 16.7. The van der Waals surface area contributed by atoms with Crippen molar-refractivity contribution in [3.63, 3.8) is 0 Å². The molecule has 354 valence electrons. The number of furan rings is 2. The summed E-state index contributed by atoms with van der Waals surface area (Å²) >= 11 is 0. The molecule has 4 nitrogen and oxygen atoms in total. The largest absolute Gasteiger partial charge is 0.453 e. The Morgan fingerprint density at radius 2 is 0.747 bits per heavy atom. The molecule has 75 heavy (non-hydrogen) atoms. The van der Waals surface area contributed by atoms with Crippen molar-refractivity contribution in [2.24, 2.45) is 0 Å². The highest BCUT2D eigenvalue weighted by Gasteiger charge is 2.35. The minimum absolute atomic E-state index is 0.340. The summed E-state index contributed by atoms with van der Waals surface area (Å²) in [4.78, 5) is 4.73. The maximum atomic E-state index is 7.05. The molecule has 1 aliphatic rings. The van der Waals surface area contributed by atoms with Crippen LogP contribution < -0.4 is 9.80 Å². The highest BCUT2D eigenvalue weighted by molar-refractivity contribution is 6.19. The third kappa shape index (κ3) is 6.63. The van der Waals surface area contributed by atoms with E-state index >= 15 is 0 Å². The Bertz CT molecular complexity index is 4560. The molecule has 2 aromatic heterocycles. The highest BCUT2D eigenvalue weighted by Crippen LogP contribution is 2.54. The van der Waals surface area contributed by atoms with Gasteiger partial charge in [0.15, 0.2) is 11.2 Å². The summed E-state index contributed by atoms with van der Waals surface area (Å²) in [5.41, 5.74) is 18.9. The number of hydrogen-bond donors (Lipinski definition) is 0. The topological polar surface area (TPSA) is 32.8 Å². The Labute approximate surface area is 434 Å². The Kier molecular flexibility index (Phi) is 9.58. The zero-order valence-corrected chi connectivity index (χ0v) is 41.5. The van der Waals surface area contributed by atoms with Crippen molar-refractivity contribution in [2.45, 2.75) is 19.3 Å². The maximum absolute atomic E-state index is 7.05. The first-order chi connectivity index (χ1) is 37.0. The number of benzene rings is 12. The van der Waals surface area contributed by atoms with Gasteiger partial charge in [-0.25, -0.2) is 0 Å².